The standard InChI is InChI=1S/C11H16ClN3/c12-10-6-9(13)7-11(15-10)14-5-4-8-2-1-3-8/h6-8H,1-5H2,(H3,13,14,15). The molecule has 1 aromatic heterocycles. The van der Waals surface area contributed by atoms with Gasteiger partial charge in [0.05, 0.1) is 0 Å². The average Bonchev–Trinajstić information content (AvgIpc) is 2.07. The van der Waals surface area contributed by atoms with Crippen LogP contribution in [-0.2, 0) is 0 Å². The van der Waals surface area contributed by atoms with Crippen molar-refractivity contribution < 1.29 is 0 Å². The van der Waals surface area contributed by atoms with Crippen molar-refractivity contribution in [1.29, 1.82) is 0 Å². The summed E-state index contributed by atoms with van der Waals surface area (Å²) in [4.78, 5) is 4.15. The van der Waals surface area contributed by atoms with Crippen molar-refractivity contribution in [2.75, 3.05) is 17.6 Å². The van der Waals surface area contributed by atoms with E-state index in [1.807, 2.05) is 6.07 Å². The van der Waals surface area contributed by atoms with Crippen molar-refractivity contribution in [2.24, 2.45) is 5.92 Å². The molecule has 0 spiro atoms. The Bertz CT molecular complexity index is 316. The maximum atomic E-state index is 5.80. The second kappa shape index (κ2) is 4.71. The highest BCUT2D eigenvalue weighted by atomic mass is 35.5. The molecule has 0 atom stereocenters. The lowest BCUT2D eigenvalue weighted by Crippen LogP contribution is -2.16. The molecule has 0 amide bonds. The molecule has 1 aliphatic rings. The van der Waals surface area contributed by atoms with Crippen molar-refractivity contribution in [3.63, 3.8) is 0 Å². The highest BCUT2D eigenvalue weighted by Gasteiger charge is 2.16. The summed E-state index contributed by atoms with van der Waals surface area (Å²) in [5.41, 5.74) is 6.32. The summed E-state index contributed by atoms with van der Waals surface area (Å²) >= 11 is 5.80. The first-order valence-electron chi connectivity index (χ1n) is 5.41. The Morgan fingerprint density at radius 3 is 2.87 bits per heavy atom. The van der Waals surface area contributed by atoms with Crippen molar-refractivity contribution in [1.82, 2.24) is 4.98 Å². The fraction of sp³-hybridized carbons (Fsp3) is 0.545. The number of nitrogens with one attached hydrogen (secondary N) is 1. The first-order chi connectivity index (χ1) is 7.24. The summed E-state index contributed by atoms with van der Waals surface area (Å²) in [7, 11) is 0. The van der Waals surface area contributed by atoms with Gasteiger partial charge in [-0.15, -0.1) is 0 Å². The Kier molecular flexibility index (Phi) is 3.31. The second-order valence-electron chi connectivity index (χ2n) is 4.12. The molecule has 0 bridgehead atoms. The van der Waals surface area contributed by atoms with Crippen molar-refractivity contribution in [3.8, 4) is 0 Å². The van der Waals surface area contributed by atoms with Gasteiger partial charge in [-0.2, -0.15) is 0 Å². The van der Waals surface area contributed by atoms with E-state index in [0.717, 1.165) is 18.3 Å². The Labute approximate surface area is 95.0 Å². The average molecular weight is 226 g/mol. The SMILES string of the molecule is Nc1cc(Cl)nc(NCCC2CCC2)c1. The molecule has 82 valence electrons. The summed E-state index contributed by atoms with van der Waals surface area (Å²) in [6, 6.07) is 3.46. The van der Waals surface area contributed by atoms with E-state index >= 15 is 0 Å². The van der Waals surface area contributed by atoms with Gasteiger partial charge in [-0.1, -0.05) is 30.9 Å². The zero-order valence-corrected chi connectivity index (χ0v) is 9.43. The third kappa shape index (κ3) is 2.99. The minimum Gasteiger partial charge on any atom is -0.399 e. The van der Waals surface area contributed by atoms with E-state index in [9.17, 15) is 0 Å². The summed E-state index contributed by atoms with van der Waals surface area (Å²) in [6.45, 7) is 0.956. The normalized spacial score (nSPS) is 16.1. The predicted octanol–water partition coefficient (Wildman–Crippen LogP) is 2.92. The first kappa shape index (κ1) is 10.6. The Morgan fingerprint density at radius 1 is 1.47 bits per heavy atom. The lowest BCUT2D eigenvalue weighted by Gasteiger charge is -2.25. The third-order valence-electron chi connectivity index (χ3n) is 2.90. The minimum absolute atomic E-state index is 0.446. The number of hydrogen-bond donors (Lipinski definition) is 2. The largest absolute Gasteiger partial charge is 0.399 e. The molecule has 2 rings (SSSR count). The molecule has 1 aliphatic carbocycles. The van der Waals surface area contributed by atoms with Crippen LogP contribution < -0.4 is 11.1 Å². The molecule has 15 heavy (non-hydrogen) atoms. The van der Waals surface area contributed by atoms with Gasteiger partial charge >= 0.3 is 0 Å². The number of nitrogens with zero attached hydrogens (tertiary/aromatic N) is 1. The Balaban J connectivity index is 1.81. The van der Waals surface area contributed by atoms with Gasteiger partial charge in [-0.25, -0.2) is 4.98 Å². The van der Waals surface area contributed by atoms with Gasteiger partial charge in [0.25, 0.3) is 0 Å². The molecule has 0 unspecified atom stereocenters. The van der Waals surface area contributed by atoms with Gasteiger partial charge in [-0.05, 0) is 18.4 Å². The first-order valence-corrected chi connectivity index (χ1v) is 5.79. The molecule has 0 saturated heterocycles. The van der Waals surface area contributed by atoms with Gasteiger partial charge < -0.3 is 11.1 Å². The fourth-order valence-corrected chi connectivity index (χ4v) is 2.01. The van der Waals surface area contributed by atoms with Crippen LogP contribution in [0.1, 0.15) is 25.7 Å². The number of pyridine rings is 1. The highest BCUT2D eigenvalue weighted by molar-refractivity contribution is 6.29. The number of anilines is 2. The molecule has 3 N–H and O–H groups in total. The molecule has 1 saturated carbocycles. The van der Waals surface area contributed by atoms with Crippen LogP contribution >= 0.6 is 11.6 Å². The van der Waals surface area contributed by atoms with Crippen LogP contribution in [-0.4, -0.2) is 11.5 Å². The summed E-state index contributed by atoms with van der Waals surface area (Å²) < 4.78 is 0. The Hall–Kier alpha value is -0.960. The van der Waals surface area contributed by atoms with Gasteiger partial charge in [-0.3, -0.25) is 0 Å². The van der Waals surface area contributed by atoms with Gasteiger partial charge in [0, 0.05) is 18.3 Å². The minimum atomic E-state index is 0.446. The van der Waals surface area contributed by atoms with Crippen LogP contribution in [0.4, 0.5) is 11.5 Å². The van der Waals surface area contributed by atoms with E-state index in [4.69, 9.17) is 17.3 Å². The van der Waals surface area contributed by atoms with Crippen LogP contribution in [0, 0.1) is 5.92 Å². The van der Waals surface area contributed by atoms with Crippen LogP contribution in [0.3, 0.4) is 0 Å². The maximum Gasteiger partial charge on any atom is 0.133 e. The van der Waals surface area contributed by atoms with E-state index in [1.165, 1.54) is 25.7 Å². The molecule has 3 nitrogen and oxygen atoms in total. The number of hydrogen-bond acceptors (Lipinski definition) is 3. The molecule has 1 aromatic rings. The van der Waals surface area contributed by atoms with Crippen molar-refractivity contribution in [3.05, 3.63) is 17.3 Å². The van der Waals surface area contributed by atoms with E-state index in [1.54, 1.807) is 6.07 Å². The molecule has 1 fully saturated rings. The lowest BCUT2D eigenvalue weighted by molar-refractivity contribution is 0.303. The van der Waals surface area contributed by atoms with Gasteiger partial charge in [0.15, 0.2) is 0 Å². The molecule has 0 aromatic carbocycles. The number of nitrogen functional groups attached to an aromatic ring is 1. The van der Waals surface area contributed by atoms with Crippen LogP contribution in [0.2, 0.25) is 5.15 Å². The van der Waals surface area contributed by atoms with E-state index in [-0.39, 0.29) is 0 Å². The van der Waals surface area contributed by atoms with Gasteiger partial charge in [0.1, 0.15) is 11.0 Å². The summed E-state index contributed by atoms with van der Waals surface area (Å²) in [5.74, 6) is 1.69. The molecular weight excluding hydrogens is 210 g/mol. The fourth-order valence-electron chi connectivity index (χ4n) is 1.79. The topological polar surface area (TPSA) is 50.9 Å². The predicted molar refractivity (Wildman–Crippen MR) is 64.1 cm³/mol. The summed E-state index contributed by atoms with van der Waals surface area (Å²) in [6.07, 6.45) is 5.38. The highest BCUT2D eigenvalue weighted by Crippen LogP contribution is 2.29. The number of nitrogens with two attached hydrogens (primary N) is 1. The maximum absolute atomic E-state index is 5.80. The van der Waals surface area contributed by atoms with Crippen molar-refractivity contribution >= 4 is 23.1 Å². The van der Waals surface area contributed by atoms with E-state index in [2.05, 4.69) is 10.3 Å². The zero-order chi connectivity index (χ0) is 10.7. The Morgan fingerprint density at radius 2 is 2.27 bits per heavy atom. The van der Waals surface area contributed by atoms with Crippen LogP contribution in [0.25, 0.3) is 0 Å². The van der Waals surface area contributed by atoms with Gasteiger partial charge in [0.2, 0.25) is 0 Å². The van der Waals surface area contributed by atoms with E-state index < -0.39 is 0 Å². The molecule has 0 aliphatic heterocycles. The third-order valence-corrected chi connectivity index (χ3v) is 3.09. The van der Waals surface area contributed by atoms with Crippen LogP contribution in [0.5, 0.6) is 0 Å². The number of rotatable bonds is 4. The number of halogens is 1. The van der Waals surface area contributed by atoms with Crippen molar-refractivity contribution in [2.45, 2.75) is 25.7 Å². The summed E-state index contributed by atoms with van der Waals surface area (Å²) in [5, 5.41) is 3.70. The second-order valence-corrected chi connectivity index (χ2v) is 4.51. The molecule has 1 heterocycles. The molecule has 4 heteroatoms. The van der Waals surface area contributed by atoms with Crippen LogP contribution in [0.15, 0.2) is 12.1 Å². The van der Waals surface area contributed by atoms with E-state index in [0.29, 0.717) is 10.8 Å². The zero-order valence-electron chi connectivity index (χ0n) is 8.67. The smallest absolute Gasteiger partial charge is 0.133 e. The number of aromatic nitrogens is 1. The monoisotopic (exact) mass is 225 g/mol. The quantitative estimate of drug-likeness (QED) is 0.775. The lowest BCUT2D eigenvalue weighted by atomic mass is 9.83. The molecule has 0 radical (unpaired) electrons. The molecular formula is C11H16ClN3.